The molecule has 3 rings (SSSR count). The minimum Gasteiger partial charge on any atom is -0.478 e. The van der Waals surface area contributed by atoms with E-state index in [4.69, 9.17) is 9.84 Å². The van der Waals surface area contributed by atoms with Crippen LogP contribution in [0, 0.1) is 0 Å². The van der Waals surface area contributed by atoms with E-state index < -0.39 is 23.8 Å². The number of thiophene rings is 1. The summed E-state index contributed by atoms with van der Waals surface area (Å²) in [7, 11) is 0. The molecule has 0 aliphatic rings. The predicted octanol–water partition coefficient (Wildman–Crippen LogP) is 3.66. The first-order valence-corrected chi connectivity index (χ1v) is 10.5. The molecule has 1 heterocycles. The molecule has 9 heteroatoms. The number of amides is 2. The maximum absolute atomic E-state index is 12.4. The number of carboxylic acid groups (broad SMARTS) is 1. The van der Waals surface area contributed by atoms with Gasteiger partial charge in [0.05, 0.1) is 24.3 Å². The van der Waals surface area contributed by atoms with Crippen LogP contribution >= 0.6 is 11.3 Å². The van der Waals surface area contributed by atoms with E-state index in [1.807, 2.05) is 30.3 Å². The van der Waals surface area contributed by atoms with Gasteiger partial charge in [-0.25, -0.2) is 9.59 Å². The van der Waals surface area contributed by atoms with Gasteiger partial charge in [-0.1, -0.05) is 36.4 Å². The van der Waals surface area contributed by atoms with Gasteiger partial charge in [0, 0.05) is 10.4 Å². The van der Waals surface area contributed by atoms with Crippen LogP contribution in [-0.2, 0) is 9.53 Å². The average Bonchev–Trinajstić information content (AvgIpc) is 3.22. The largest absolute Gasteiger partial charge is 0.478 e. The monoisotopic (exact) mass is 452 g/mol. The summed E-state index contributed by atoms with van der Waals surface area (Å²) < 4.78 is 5.08. The van der Waals surface area contributed by atoms with Crippen molar-refractivity contribution in [1.82, 2.24) is 5.32 Å². The number of nitrogens with one attached hydrogen (secondary N) is 2. The van der Waals surface area contributed by atoms with Gasteiger partial charge in [0.25, 0.3) is 5.91 Å². The van der Waals surface area contributed by atoms with Gasteiger partial charge in [0.15, 0.2) is 0 Å². The third-order valence-electron chi connectivity index (χ3n) is 4.32. The summed E-state index contributed by atoms with van der Waals surface area (Å²) in [6.45, 7) is 1.51. The molecule has 3 N–H and O–H groups in total. The smallest absolute Gasteiger partial charge is 0.341 e. The van der Waals surface area contributed by atoms with E-state index in [1.165, 1.54) is 35.6 Å². The van der Waals surface area contributed by atoms with Gasteiger partial charge < -0.3 is 20.5 Å². The van der Waals surface area contributed by atoms with Crippen LogP contribution in [0.25, 0.3) is 10.4 Å². The van der Waals surface area contributed by atoms with Crippen molar-refractivity contribution >= 4 is 40.1 Å². The van der Waals surface area contributed by atoms with E-state index in [2.05, 4.69) is 10.6 Å². The van der Waals surface area contributed by atoms with Crippen LogP contribution in [0.3, 0.4) is 0 Å². The zero-order chi connectivity index (χ0) is 23.1. The quantitative estimate of drug-likeness (QED) is 0.449. The van der Waals surface area contributed by atoms with Crippen LogP contribution in [-0.4, -0.2) is 42.0 Å². The highest BCUT2D eigenvalue weighted by atomic mass is 32.1. The lowest BCUT2D eigenvalue weighted by atomic mass is 10.1. The lowest BCUT2D eigenvalue weighted by Gasteiger charge is -2.08. The van der Waals surface area contributed by atoms with Crippen molar-refractivity contribution in [2.24, 2.45) is 0 Å². The average molecular weight is 452 g/mol. The van der Waals surface area contributed by atoms with E-state index >= 15 is 0 Å². The number of esters is 1. The number of hydrogen-bond donors (Lipinski definition) is 3. The summed E-state index contributed by atoms with van der Waals surface area (Å²) in [5.41, 5.74) is 1.19. The molecular formula is C23H20N2O6S. The number of aromatic carboxylic acids is 1. The van der Waals surface area contributed by atoms with Crippen molar-refractivity contribution < 1.29 is 29.0 Å². The molecule has 3 aromatic rings. The Morgan fingerprint density at radius 3 is 2.38 bits per heavy atom. The zero-order valence-corrected chi connectivity index (χ0v) is 17.9. The molecule has 8 nitrogen and oxygen atoms in total. The molecule has 0 aliphatic heterocycles. The number of carbonyl (C=O) groups is 4. The van der Waals surface area contributed by atoms with Crippen LogP contribution in [0.5, 0.6) is 0 Å². The molecule has 32 heavy (non-hydrogen) atoms. The zero-order valence-electron chi connectivity index (χ0n) is 17.1. The maximum Gasteiger partial charge on any atom is 0.341 e. The Labute approximate surface area is 187 Å². The highest BCUT2D eigenvalue weighted by molar-refractivity contribution is 7.20. The minimum atomic E-state index is -1.16. The summed E-state index contributed by atoms with van der Waals surface area (Å²) in [5, 5.41) is 14.4. The molecule has 0 atom stereocenters. The van der Waals surface area contributed by atoms with Gasteiger partial charge in [-0.05, 0) is 36.8 Å². The van der Waals surface area contributed by atoms with E-state index in [0.717, 1.165) is 10.4 Å². The standard InChI is InChI=1S/C23H20N2O6S/c1-2-31-23(30)17-12-18(14-7-4-3-5-8-14)32-21(17)25-19(26)13-24-20(27)15-9-6-10-16(11-15)22(28)29/h3-12H,2,13H2,1H3,(H,24,27)(H,25,26)(H,28,29). The number of benzene rings is 2. The molecule has 0 spiro atoms. The fourth-order valence-corrected chi connectivity index (χ4v) is 3.88. The minimum absolute atomic E-state index is 0.0341. The van der Waals surface area contributed by atoms with E-state index in [9.17, 15) is 19.2 Å². The topological polar surface area (TPSA) is 122 Å². The highest BCUT2D eigenvalue weighted by Gasteiger charge is 2.20. The summed E-state index contributed by atoms with van der Waals surface area (Å²) in [6.07, 6.45) is 0. The second-order valence-electron chi connectivity index (χ2n) is 6.56. The van der Waals surface area contributed by atoms with Gasteiger partial charge in [0.1, 0.15) is 5.00 Å². The molecule has 1 aromatic heterocycles. The van der Waals surface area contributed by atoms with Gasteiger partial charge in [-0.3, -0.25) is 9.59 Å². The van der Waals surface area contributed by atoms with Crippen molar-refractivity contribution in [3.63, 3.8) is 0 Å². The third-order valence-corrected chi connectivity index (χ3v) is 5.42. The van der Waals surface area contributed by atoms with E-state index in [0.29, 0.717) is 5.00 Å². The van der Waals surface area contributed by atoms with Crippen molar-refractivity contribution in [3.8, 4) is 10.4 Å². The maximum atomic E-state index is 12.4. The first-order valence-electron chi connectivity index (χ1n) is 9.66. The Hall–Kier alpha value is -3.98. The van der Waals surface area contributed by atoms with Crippen molar-refractivity contribution in [2.45, 2.75) is 6.92 Å². The van der Waals surface area contributed by atoms with Crippen LogP contribution < -0.4 is 10.6 Å². The summed E-state index contributed by atoms with van der Waals surface area (Å²) in [6, 6.07) is 16.5. The van der Waals surface area contributed by atoms with Crippen molar-refractivity contribution in [2.75, 3.05) is 18.5 Å². The number of hydrogen-bond acceptors (Lipinski definition) is 6. The summed E-state index contributed by atoms with van der Waals surface area (Å²) >= 11 is 1.22. The van der Waals surface area contributed by atoms with Crippen molar-refractivity contribution in [3.05, 3.63) is 77.4 Å². The van der Waals surface area contributed by atoms with Crippen molar-refractivity contribution in [1.29, 1.82) is 0 Å². The molecular weight excluding hydrogens is 432 g/mol. The third kappa shape index (κ3) is 5.58. The van der Waals surface area contributed by atoms with Crippen LogP contribution in [0.15, 0.2) is 60.7 Å². The number of ether oxygens (including phenoxy) is 1. The molecule has 2 amide bonds. The van der Waals surface area contributed by atoms with Gasteiger partial charge in [0.2, 0.25) is 5.91 Å². The fraction of sp³-hybridized carbons (Fsp3) is 0.130. The molecule has 0 saturated carbocycles. The number of carbonyl (C=O) groups excluding carboxylic acids is 3. The first kappa shape index (κ1) is 22.7. The van der Waals surface area contributed by atoms with Gasteiger partial charge >= 0.3 is 11.9 Å². The highest BCUT2D eigenvalue weighted by Crippen LogP contribution is 2.35. The summed E-state index contributed by atoms with van der Waals surface area (Å²) in [4.78, 5) is 48.9. The summed E-state index contributed by atoms with van der Waals surface area (Å²) in [5.74, 6) is -2.85. The molecule has 0 aliphatic carbocycles. The predicted molar refractivity (Wildman–Crippen MR) is 120 cm³/mol. The van der Waals surface area contributed by atoms with Gasteiger partial charge in [-0.15, -0.1) is 11.3 Å². The molecule has 2 aromatic carbocycles. The number of anilines is 1. The Balaban J connectivity index is 1.71. The molecule has 0 unspecified atom stereocenters. The van der Waals surface area contributed by atoms with Gasteiger partial charge in [-0.2, -0.15) is 0 Å². The van der Waals surface area contributed by atoms with Crippen LogP contribution in [0.4, 0.5) is 5.00 Å². The Kier molecular flexibility index (Phi) is 7.35. The fourth-order valence-electron chi connectivity index (χ4n) is 2.82. The molecule has 0 bridgehead atoms. The first-order chi connectivity index (χ1) is 15.4. The Morgan fingerprint density at radius 1 is 0.969 bits per heavy atom. The molecule has 0 fully saturated rings. The lowest BCUT2D eigenvalue weighted by molar-refractivity contribution is -0.115. The molecule has 0 saturated heterocycles. The Morgan fingerprint density at radius 2 is 1.69 bits per heavy atom. The van der Waals surface area contributed by atoms with E-state index in [1.54, 1.807) is 13.0 Å². The van der Waals surface area contributed by atoms with E-state index in [-0.39, 0.29) is 29.8 Å². The van der Waals surface area contributed by atoms with Crippen LogP contribution in [0.2, 0.25) is 0 Å². The normalized spacial score (nSPS) is 10.3. The molecule has 0 radical (unpaired) electrons. The lowest BCUT2D eigenvalue weighted by Crippen LogP contribution is -2.33. The number of carboxylic acids is 1. The second kappa shape index (κ2) is 10.4. The number of rotatable bonds is 8. The second-order valence-corrected chi connectivity index (χ2v) is 7.61. The SMILES string of the molecule is CCOC(=O)c1cc(-c2ccccc2)sc1NC(=O)CNC(=O)c1cccc(C(=O)O)c1. The van der Waals surface area contributed by atoms with Crippen LogP contribution in [0.1, 0.15) is 38.0 Å². The Bertz CT molecular complexity index is 1160. The molecule has 164 valence electrons.